The van der Waals surface area contributed by atoms with Crippen LogP contribution < -0.4 is 20.1 Å². The zero-order valence-corrected chi connectivity index (χ0v) is 15.6. The van der Waals surface area contributed by atoms with E-state index in [9.17, 15) is 4.79 Å². The molecule has 2 N–H and O–H groups in total. The van der Waals surface area contributed by atoms with Crippen molar-refractivity contribution in [1.29, 1.82) is 0 Å². The number of urea groups is 1. The van der Waals surface area contributed by atoms with Crippen LogP contribution in [-0.4, -0.2) is 38.5 Å². The highest BCUT2D eigenvalue weighted by atomic mass is 16.6. The Morgan fingerprint density at radius 1 is 1.19 bits per heavy atom. The number of benzene rings is 1. The van der Waals surface area contributed by atoms with Crippen LogP contribution in [0.3, 0.4) is 0 Å². The summed E-state index contributed by atoms with van der Waals surface area (Å²) in [5, 5.41) is 5.85. The molecule has 3 rings (SSSR count). The van der Waals surface area contributed by atoms with Crippen LogP contribution in [0.2, 0.25) is 0 Å². The first-order chi connectivity index (χ1) is 12.7. The van der Waals surface area contributed by atoms with Crippen LogP contribution in [-0.2, 0) is 4.74 Å². The molecule has 1 atom stereocenters. The summed E-state index contributed by atoms with van der Waals surface area (Å²) in [6, 6.07) is 5.51. The van der Waals surface area contributed by atoms with E-state index in [1.807, 2.05) is 25.1 Å². The fourth-order valence-corrected chi connectivity index (χ4v) is 3.42. The highest BCUT2D eigenvalue weighted by Crippen LogP contribution is 2.32. The Balaban J connectivity index is 1.33. The monoisotopic (exact) mass is 362 g/mol. The third kappa shape index (κ3) is 5.53. The van der Waals surface area contributed by atoms with E-state index in [1.165, 1.54) is 32.1 Å². The first-order valence-corrected chi connectivity index (χ1v) is 9.78. The molecule has 2 amide bonds. The molecule has 0 saturated heterocycles. The van der Waals surface area contributed by atoms with E-state index in [2.05, 4.69) is 10.6 Å². The van der Waals surface area contributed by atoms with Gasteiger partial charge in [-0.3, -0.25) is 0 Å². The van der Waals surface area contributed by atoms with Gasteiger partial charge < -0.3 is 24.8 Å². The minimum atomic E-state index is -0.162. The minimum Gasteiger partial charge on any atom is -0.486 e. The van der Waals surface area contributed by atoms with Gasteiger partial charge in [0.05, 0.1) is 12.1 Å². The van der Waals surface area contributed by atoms with Crippen molar-refractivity contribution < 1.29 is 19.0 Å². The van der Waals surface area contributed by atoms with E-state index in [1.54, 1.807) is 0 Å². The molecule has 1 aromatic carbocycles. The fourth-order valence-electron chi connectivity index (χ4n) is 3.42. The zero-order valence-electron chi connectivity index (χ0n) is 15.6. The van der Waals surface area contributed by atoms with Crippen molar-refractivity contribution >= 4 is 6.03 Å². The SMILES string of the molecule is CC(NC(=O)NCCCOC1CCCCC1)c1ccc2c(c1)OCCO2. The van der Waals surface area contributed by atoms with Gasteiger partial charge in [-0.2, -0.15) is 0 Å². The second kappa shape index (κ2) is 9.67. The molecule has 1 aliphatic carbocycles. The van der Waals surface area contributed by atoms with Gasteiger partial charge in [-0.15, -0.1) is 0 Å². The second-order valence-corrected chi connectivity index (χ2v) is 7.01. The quantitative estimate of drug-likeness (QED) is 0.728. The molecule has 0 aromatic heterocycles. The number of amides is 2. The number of hydrogen-bond donors (Lipinski definition) is 2. The van der Waals surface area contributed by atoms with E-state index >= 15 is 0 Å². The largest absolute Gasteiger partial charge is 0.486 e. The highest BCUT2D eigenvalue weighted by molar-refractivity contribution is 5.74. The first kappa shape index (κ1) is 18.8. The lowest BCUT2D eigenvalue weighted by Gasteiger charge is -2.22. The van der Waals surface area contributed by atoms with Gasteiger partial charge in [0.25, 0.3) is 0 Å². The van der Waals surface area contributed by atoms with Gasteiger partial charge in [0, 0.05) is 13.2 Å². The number of hydrogen-bond acceptors (Lipinski definition) is 4. The summed E-state index contributed by atoms with van der Waals surface area (Å²) in [6.45, 7) is 4.42. The van der Waals surface area contributed by atoms with Gasteiger partial charge in [-0.05, 0) is 43.9 Å². The average Bonchev–Trinajstić information content (AvgIpc) is 2.68. The Labute approximate surface area is 155 Å². The Bertz CT molecular complexity index is 587. The molecule has 2 aliphatic rings. The van der Waals surface area contributed by atoms with Crippen LogP contribution in [0, 0.1) is 0 Å². The van der Waals surface area contributed by atoms with Crippen molar-refractivity contribution in [2.75, 3.05) is 26.4 Å². The predicted molar refractivity (Wildman–Crippen MR) is 99.8 cm³/mol. The van der Waals surface area contributed by atoms with Crippen LogP contribution in [0.15, 0.2) is 18.2 Å². The third-order valence-electron chi connectivity index (χ3n) is 4.93. The number of carbonyl (C=O) groups is 1. The van der Waals surface area contributed by atoms with Crippen molar-refractivity contribution in [3.63, 3.8) is 0 Å². The van der Waals surface area contributed by atoms with Crippen LogP contribution >= 0.6 is 0 Å². The maximum Gasteiger partial charge on any atom is 0.315 e. The molecule has 0 bridgehead atoms. The topological polar surface area (TPSA) is 68.8 Å². The smallest absolute Gasteiger partial charge is 0.315 e. The molecule has 1 unspecified atom stereocenters. The van der Waals surface area contributed by atoms with E-state index in [0.29, 0.717) is 32.5 Å². The Morgan fingerprint density at radius 2 is 1.96 bits per heavy atom. The van der Waals surface area contributed by atoms with Gasteiger partial charge in [0.15, 0.2) is 11.5 Å². The molecular weight excluding hydrogens is 332 g/mol. The minimum absolute atomic E-state index is 0.107. The molecule has 1 aromatic rings. The number of rotatable bonds is 7. The van der Waals surface area contributed by atoms with E-state index in [4.69, 9.17) is 14.2 Å². The molecule has 1 heterocycles. The summed E-state index contributed by atoms with van der Waals surface area (Å²) in [6.07, 6.45) is 7.52. The molecule has 0 radical (unpaired) electrons. The lowest BCUT2D eigenvalue weighted by Crippen LogP contribution is -2.37. The standard InChI is InChI=1S/C20H30N2O4/c1-15(16-8-9-18-19(14-16)26-13-12-25-18)22-20(23)21-10-5-11-24-17-6-3-2-4-7-17/h8-9,14-15,17H,2-7,10-13H2,1H3,(H2,21,22,23). The van der Waals surface area contributed by atoms with Crippen LogP contribution in [0.1, 0.15) is 57.1 Å². The average molecular weight is 362 g/mol. The molecule has 1 saturated carbocycles. The van der Waals surface area contributed by atoms with Crippen molar-refractivity contribution in [2.24, 2.45) is 0 Å². The fraction of sp³-hybridized carbons (Fsp3) is 0.650. The van der Waals surface area contributed by atoms with Gasteiger partial charge >= 0.3 is 6.03 Å². The third-order valence-corrected chi connectivity index (χ3v) is 4.93. The van der Waals surface area contributed by atoms with Crippen LogP contribution in [0.5, 0.6) is 11.5 Å². The normalized spacial score (nSPS) is 18.2. The lowest BCUT2D eigenvalue weighted by atomic mass is 9.98. The van der Waals surface area contributed by atoms with Gasteiger partial charge in [-0.1, -0.05) is 25.3 Å². The highest BCUT2D eigenvalue weighted by Gasteiger charge is 2.16. The molecule has 1 fully saturated rings. The lowest BCUT2D eigenvalue weighted by molar-refractivity contribution is 0.0275. The first-order valence-electron chi connectivity index (χ1n) is 9.78. The Morgan fingerprint density at radius 3 is 2.77 bits per heavy atom. The molecule has 0 spiro atoms. The van der Waals surface area contributed by atoms with E-state index in [0.717, 1.165) is 23.5 Å². The second-order valence-electron chi connectivity index (χ2n) is 7.01. The molecule has 6 nitrogen and oxygen atoms in total. The summed E-state index contributed by atoms with van der Waals surface area (Å²) >= 11 is 0. The van der Waals surface area contributed by atoms with Crippen molar-refractivity contribution in [2.45, 2.75) is 57.6 Å². The summed E-state index contributed by atoms with van der Waals surface area (Å²) < 4.78 is 17.0. The van der Waals surface area contributed by atoms with E-state index in [-0.39, 0.29) is 12.1 Å². The summed E-state index contributed by atoms with van der Waals surface area (Å²) in [4.78, 5) is 12.1. The molecule has 6 heteroatoms. The number of fused-ring (bicyclic) bond motifs is 1. The maximum absolute atomic E-state index is 12.1. The summed E-state index contributed by atoms with van der Waals surface area (Å²) in [7, 11) is 0. The van der Waals surface area contributed by atoms with Gasteiger partial charge in [-0.25, -0.2) is 4.79 Å². The van der Waals surface area contributed by atoms with Crippen molar-refractivity contribution in [3.8, 4) is 11.5 Å². The molecule has 1 aliphatic heterocycles. The predicted octanol–water partition coefficient (Wildman–Crippen LogP) is 3.56. The number of nitrogens with one attached hydrogen (secondary N) is 2. The maximum atomic E-state index is 12.1. The van der Waals surface area contributed by atoms with E-state index < -0.39 is 0 Å². The molecule has 144 valence electrons. The number of ether oxygens (including phenoxy) is 3. The Hall–Kier alpha value is -1.95. The van der Waals surface area contributed by atoms with Crippen LogP contribution in [0.25, 0.3) is 0 Å². The van der Waals surface area contributed by atoms with Crippen LogP contribution in [0.4, 0.5) is 4.79 Å². The number of carbonyl (C=O) groups excluding carboxylic acids is 1. The van der Waals surface area contributed by atoms with Crippen molar-refractivity contribution in [3.05, 3.63) is 23.8 Å². The summed E-state index contributed by atoms with van der Waals surface area (Å²) in [5.74, 6) is 1.50. The zero-order chi connectivity index (χ0) is 18.2. The van der Waals surface area contributed by atoms with Gasteiger partial charge in [0.1, 0.15) is 13.2 Å². The van der Waals surface area contributed by atoms with Crippen molar-refractivity contribution in [1.82, 2.24) is 10.6 Å². The molecular formula is C20H30N2O4. The molecule has 26 heavy (non-hydrogen) atoms. The van der Waals surface area contributed by atoms with Gasteiger partial charge in [0.2, 0.25) is 0 Å². The summed E-state index contributed by atoms with van der Waals surface area (Å²) in [5.41, 5.74) is 0.991. The Kier molecular flexibility index (Phi) is 7.00.